The lowest BCUT2D eigenvalue weighted by Gasteiger charge is -2.07. The van der Waals surface area contributed by atoms with Crippen LogP contribution in [0.25, 0.3) is 16.9 Å². The highest BCUT2D eigenvalue weighted by atomic mass is 16.1. The van der Waals surface area contributed by atoms with Gasteiger partial charge in [0, 0.05) is 24.2 Å². The number of pyridine rings is 2. The zero-order chi connectivity index (χ0) is 12.5. The Bertz CT molecular complexity index is 765. The molecule has 0 aliphatic rings. The Morgan fingerprint density at radius 2 is 1.89 bits per heavy atom. The van der Waals surface area contributed by atoms with Crippen LogP contribution in [0.2, 0.25) is 0 Å². The van der Waals surface area contributed by atoms with Crippen molar-refractivity contribution in [2.75, 3.05) is 5.73 Å². The van der Waals surface area contributed by atoms with Crippen molar-refractivity contribution in [3.8, 4) is 11.3 Å². The van der Waals surface area contributed by atoms with Crippen molar-refractivity contribution in [2.45, 2.75) is 0 Å². The monoisotopic (exact) mass is 238 g/mol. The van der Waals surface area contributed by atoms with Gasteiger partial charge in [0.1, 0.15) is 17.0 Å². The fourth-order valence-electron chi connectivity index (χ4n) is 1.83. The van der Waals surface area contributed by atoms with E-state index in [2.05, 4.69) is 9.97 Å². The molecule has 3 aromatic rings. The van der Waals surface area contributed by atoms with Gasteiger partial charge in [-0.2, -0.15) is 0 Å². The van der Waals surface area contributed by atoms with Gasteiger partial charge in [0.05, 0.1) is 0 Å². The van der Waals surface area contributed by atoms with Crippen LogP contribution in [0.15, 0.2) is 53.7 Å². The largest absolute Gasteiger partial charge is 0.392 e. The Balaban J connectivity index is 2.38. The topological polar surface area (TPSA) is 73.3 Å². The maximum atomic E-state index is 12.1. The van der Waals surface area contributed by atoms with Gasteiger partial charge in [-0.25, -0.2) is 4.98 Å². The minimum atomic E-state index is -0.257. The summed E-state index contributed by atoms with van der Waals surface area (Å²) in [4.78, 5) is 20.5. The third-order valence-electron chi connectivity index (χ3n) is 2.72. The number of nitrogen functional groups attached to an aromatic ring is 1. The quantitative estimate of drug-likeness (QED) is 0.694. The van der Waals surface area contributed by atoms with Crippen LogP contribution < -0.4 is 11.3 Å². The van der Waals surface area contributed by atoms with E-state index < -0.39 is 0 Å². The maximum absolute atomic E-state index is 12.1. The van der Waals surface area contributed by atoms with E-state index in [-0.39, 0.29) is 11.2 Å². The maximum Gasteiger partial charge on any atom is 0.281 e. The second-order valence-corrected chi connectivity index (χ2v) is 3.84. The molecule has 5 heteroatoms. The first-order valence-corrected chi connectivity index (χ1v) is 5.44. The van der Waals surface area contributed by atoms with Crippen molar-refractivity contribution in [1.82, 2.24) is 14.4 Å². The predicted molar refractivity (Wildman–Crippen MR) is 69.1 cm³/mol. The Kier molecular flexibility index (Phi) is 2.30. The minimum Gasteiger partial charge on any atom is -0.392 e. The molecule has 5 nitrogen and oxygen atoms in total. The number of anilines is 1. The smallest absolute Gasteiger partial charge is 0.281 e. The molecule has 2 N–H and O–H groups in total. The SMILES string of the molecule is Nc1c(-c2ccncc2)nc2ccccn2c1=O. The molecule has 3 heterocycles. The number of hydrogen-bond donors (Lipinski definition) is 1. The molecule has 3 aromatic heterocycles. The molecule has 88 valence electrons. The molecule has 18 heavy (non-hydrogen) atoms. The molecule has 0 aliphatic carbocycles. The number of rotatable bonds is 1. The standard InChI is InChI=1S/C13H10N4O/c14-11-12(9-4-6-15-7-5-9)16-10-3-1-2-8-17(10)13(11)18/h1-8H,14H2. The first kappa shape index (κ1) is 10.5. The molecular formula is C13H10N4O. The van der Waals surface area contributed by atoms with Crippen LogP contribution in [0.3, 0.4) is 0 Å². The highest BCUT2D eigenvalue weighted by Crippen LogP contribution is 2.20. The molecule has 0 spiro atoms. The van der Waals surface area contributed by atoms with Crippen molar-refractivity contribution in [3.63, 3.8) is 0 Å². The van der Waals surface area contributed by atoms with Gasteiger partial charge >= 0.3 is 0 Å². The molecule has 0 bridgehead atoms. The Morgan fingerprint density at radius 1 is 1.11 bits per heavy atom. The van der Waals surface area contributed by atoms with Crippen LogP contribution in [0.5, 0.6) is 0 Å². The summed E-state index contributed by atoms with van der Waals surface area (Å²) in [6, 6.07) is 8.91. The number of nitrogens with two attached hydrogens (primary N) is 1. The first-order valence-electron chi connectivity index (χ1n) is 5.44. The molecule has 0 fully saturated rings. The van der Waals surface area contributed by atoms with Gasteiger partial charge in [0.2, 0.25) is 0 Å². The van der Waals surface area contributed by atoms with Crippen molar-refractivity contribution in [1.29, 1.82) is 0 Å². The third-order valence-corrected chi connectivity index (χ3v) is 2.72. The summed E-state index contributed by atoms with van der Waals surface area (Å²) in [7, 11) is 0. The van der Waals surface area contributed by atoms with Crippen LogP contribution in [-0.2, 0) is 0 Å². The highest BCUT2D eigenvalue weighted by molar-refractivity contribution is 5.73. The number of fused-ring (bicyclic) bond motifs is 1. The zero-order valence-electron chi connectivity index (χ0n) is 9.45. The average Bonchev–Trinajstić information content (AvgIpc) is 2.44. The normalized spacial score (nSPS) is 10.7. The Hall–Kier alpha value is -2.69. The summed E-state index contributed by atoms with van der Waals surface area (Å²) in [6.07, 6.45) is 4.93. The van der Waals surface area contributed by atoms with Gasteiger partial charge in [0.15, 0.2) is 0 Å². The van der Waals surface area contributed by atoms with Gasteiger partial charge in [-0.1, -0.05) is 6.07 Å². The van der Waals surface area contributed by atoms with Crippen molar-refractivity contribution in [2.24, 2.45) is 0 Å². The van der Waals surface area contributed by atoms with Gasteiger partial charge in [-0.05, 0) is 24.3 Å². The second kappa shape index (κ2) is 3.96. The van der Waals surface area contributed by atoms with E-state index in [1.165, 1.54) is 4.40 Å². The minimum absolute atomic E-state index is 0.143. The molecule has 0 saturated heterocycles. The molecule has 0 amide bonds. The summed E-state index contributed by atoms with van der Waals surface area (Å²) in [5, 5.41) is 0. The number of hydrogen-bond acceptors (Lipinski definition) is 4. The number of aromatic nitrogens is 3. The molecular weight excluding hydrogens is 228 g/mol. The lowest BCUT2D eigenvalue weighted by atomic mass is 10.1. The van der Waals surface area contributed by atoms with E-state index in [1.807, 2.05) is 6.07 Å². The molecule has 3 rings (SSSR count). The van der Waals surface area contributed by atoms with E-state index >= 15 is 0 Å². The second-order valence-electron chi connectivity index (χ2n) is 3.84. The van der Waals surface area contributed by atoms with Crippen molar-refractivity contribution < 1.29 is 0 Å². The van der Waals surface area contributed by atoms with Gasteiger partial charge in [-0.3, -0.25) is 14.2 Å². The van der Waals surface area contributed by atoms with Crippen molar-refractivity contribution >= 4 is 11.3 Å². The van der Waals surface area contributed by atoms with Crippen LogP contribution in [0.1, 0.15) is 0 Å². The Morgan fingerprint density at radius 3 is 2.67 bits per heavy atom. The lowest BCUT2D eigenvalue weighted by Crippen LogP contribution is -2.19. The molecule has 0 unspecified atom stereocenters. The summed E-state index contributed by atoms with van der Waals surface area (Å²) in [5.41, 5.74) is 7.60. The van der Waals surface area contributed by atoms with Gasteiger partial charge in [0.25, 0.3) is 5.56 Å². The predicted octanol–water partition coefficient (Wildman–Crippen LogP) is 1.34. The average molecular weight is 238 g/mol. The van der Waals surface area contributed by atoms with E-state index in [9.17, 15) is 4.79 Å². The van der Waals surface area contributed by atoms with Gasteiger partial charge < -0.3 is 5.73 Å². The fourth-order valence-corrected chi connectivity index (χ4v) is 1.83. The molecule has 0 radical (unpaired) electrons. The number of nitrogens with zero attached hydrogens (tertiary/aromatic N) is 3. The van der Waals surface area contributed by atoms with E-state index in [0.717, 1.165) is 5.56 Å². The first-order chi connectivity index (χ1) is 8.77. The van der Waals surface area contributed by atoms with E-state index in [1.54, 1.807) is 42.9 Å². The van der Waals surface area contributed by atoms with E-state index in [0.29, 0.717) is 11.3 Å². The summed E-state index contributed by atoms with van der Waals surface area (Å²) in [6.45, 7) is 0. The van der Waals surface area contributed by atoms with Gasteiger partial charge in [-0.15, -0.1) is 0 Å². The summed E-state index contributed by atoms with van der Waals surface area (Å²) < 4.78 is 1.43. The highest BCUT2D eigenvalue weighted by Gasteiger charge is 2.10. The fraction of sp³-hybridized carbons (Fsp3) is 0. The van der Waals surface area contributed by atoms with Crippen LogP contribution in [-0.4, -0.2) is 14.4 Å². The Labute approximate surface area is 103 Å². The summed E-state index contributed by atoms with van der Waals surface area (Å²) >= 11 is 0. The van der Waals surface area contributed by atoms with Crippen LogP contribution in [0.4, 0.5) is 5.69 Å². The molecule has 0 aliphatic heterocycles. The molecule has 0 saturated carbocycles. The summed E-state index contributed by atoms with van der Waals surface area (Å²) in [5.74, 6) is 0. The van der Waals surface area contributed by atoms with Crippen LogP contribution in [0, 0.1) is 0 Å². The van der Waals surface area contributed by atoms with Crippen molar-refractivity contribution in [3.05, 3.63) is 59.3 Å². The molecule has 0 atom stereocenters. The zero-order valence-corrected chi connectivity index (χ0v) is 9.45. The van der Waals surface area contributed by atoms with Crippen LogP contribution >= 0.6 is 0 Å². The van der Waals surface area contributed by atoms with E-state index in [4.69, 9.17) is 5.73 Å². The third kappa shape index (κ3) is 1.53. The molecule has 0 aromatic carbocycles. The lowest BCUT2D eigenvalue weighted by molar-refractivity contribution is 1.05.